The molecule has 0 aliphatic carbocycles. The van der Waals surface area contributed by atoms with Gasteiger partial charge < -0.3 is 5.73 Å². The lowest BCUT2D eigenvalue weighted by molar-refractivity contribution is 0.600. The standard InChI is InChI=1S/C10H13N5O2S2/c1-2-9(11)7-4-3-5-8(6-7)19(16,17)13-10-12-14-15-18-10/h3-6,9H,2,11H2,1H3,(H,12,13,15). The summed E-state index contributed by atoms with van der Waals surface area (Å²) >= 11 is 0.872. The Morgan fingerprint density at radius 1 is 1.47 bits per heavy atom. The zero-order valence-corrected chi connectivity index (χ0v) is 11.8. The van der Waals surface area contributed by atoms with E-state index < -0.39 is 10.0 Å². The third kappa shape index (κ3) is 3.25. The largest absolute Gasteiger partial charge is 0.324 e. The lowest BCUT2D eigenvalue weighted by Crippen LogP contribution is -2.14. The van der Waals surface area contributed by atoms with E-state index in [0.717, 1.165) is 23.5 Å². The number of rotatable bonds is 5. The third-order valence-electron chi connectivity index (χ3n) is 2.56. The lowest BCUT2D eigenvalue weighted by Gasteiger charge is -2.11. The highest BCUT2D eigenvalue weighted by atomic mass is 32.2. The van der Waals surface area contributed by atoms with Gasteiger partial charge in [-0.3, -0.25) is 4.72 Å². The van der Waals surface area contributed by atoms with Gasteiger partial charge in [-0.15, -0.1) is 0 Å². The summed E-state index contributed by atoms with van der Waals surface area (Å²) in [7, 11) is -3.69. The molecule has 0 aliphatic heterocycles. The van der Waals surface area contributed by atoms with Gasteiger partial charge in [-0.05, 0) is 29.3 Å². The predicted molar refractivity (Wildman–Crippen MR) is 72.2 cm³/mol. The fourth-order valence-electron chi connectivity index (χ4n) is 1.50. The molecule has 0 bridgehead atoms. The van der Waals surface area contributed by atoms with Crippen molar-refractivity contribution < 1.29 is 8.42 Å². The number of nitrogens with one attached hydrogen (secondary N) is 1. The minimum absolute atomic E-state index is 0.130. The molecule has 2 aromatic rings. The van der Waals surface area contributed by atoms with Crippen molar-refractivity contribution in [2.45, 2.75) is 24.3 Å². The van der Waals surface area contributed by atoms with E-state index in [9.17, 15) is 8.42 Å². The molecule has 3 N–H and O–H groups in total. The van der Waals surface area contributed by atoms with Crippen molar-refractivity contribution in [1.82, 2.24) is 14.8 Å². The highest BCUT2D eigenvalue weighted by Crippen LogP contribution is 2.20. The molecular weight excluding hydrogens is 286 g/mol. The van der Waals surface area contributed by atoms with Gasteiger partial charge in [0.05, 0.1) is 4.90 Å². The number of sulfonamides is 1. The normalized spacial score (nSPS) is 13.2. The van der Waals surface area contributed by atoms with Gasteiger partial charge in [0.1, 0.15) is 0 Å². The molecule has 1 aromatic heterocycles. The zero-order valence-electron chi connectivity index (χ0n) is 10.1. The molecule has 1 heterocycles. The fraction of sp³-hybridized carbons (Fsp3) is 0.300. The molecule has 1 unspecified atom stereocenters. The molecule has 0 radical (unpaired) electrons. The maximum atomic E-state index is 12.1. The van der Waals surface area contributed by atoms with Crippen LogP contribution in [0.15, 0.2) is 29.2 Å². The van der Waals surface area contributed by atoms with Crippen LogP contribution in [0, 0.1) is 0 Å². The number of benzene rings is 1. The Kier molecular flexibility index (Phi) is 4.08. The first-order valence-electron chi connectivity index (χ1n) is 5.56. The van der Waals surface area contributed by atoms with E-state index in [-0.39, 0.29) is 16.1 Å². The van der Waals surface area contributed by atoms with Gasteiger partial charge in [-0.25, -0.2) is 8.42 Å². The molecule has 0 fully saturated rings. The number of nitrogens with zero attached hydrogens (tertiary/aromatic N) is 3. The van der Waals surface area contributed by atoms with E-state index in [2.05, 4.69) is 19.5 Å². The van der Waals surface area contributed by atoms with E-state index >= 15 is 0 Å². The molecule has 0 aliphatic rings. The third-order valence-corrected chi connectivity index (χ3v) is 4.53. The number of hydrogen-bond donors (Lipinski definition) is 2. The van der Waals surface area contributed by atoms with Crippen LogP contribution in [0.5, 0.6) is 0 Å². The van der Waals surface area contributed by atoms with Crippen molar-refractivity contribution in [3.8, 4) is 0 Å². The molecule has 0 saturated carbocycles. The SMILES string of the molecule is CCC(N)c1cccc(S(=O)(=O)Nc2nnns2)c1. The van der Waals surface area contributed by atoms with Gasteiger partial charge in [0.2, 0.25) is 5.13 Å². The van der Waals surface area contributed by atoms with Crippen LogP contribution in [0.25, 0.3) is 0 Å². The minimum Gasteiger partial charge on any atom is -0.324 e. The van der Waals surface area contributed by atoms with Gasteiger partial charge >= 0.3 is 0 Å². The van der Waals surface area contributed by atoms with Gasteiger partial charge in [0.15, 0.2) is 0 Å². The van der Waals surface area contributed by atoms with Crippen LogP contribution < -0.4 is 10.5 Å². The Morgan fingerprint density at radius 3 is 2.89 bits per heavy atom. The van der Waals surface area contributed by atoms with Gasteiger partial charge in [-0.1, -0.05) is 28.6 Å². The van der Waals surface area contributed by atoms with Crippen LogP contribution in [0.2, 0.25) is 0 Å². The Hall–Kier alpha value is -1.58. The van der Waals surface area contributed by atoms with E-state index in [1.165, 1.54) is 6.07 Å². The van der Waals surface area contributed by atoms with Crippen LogP contribution in [0.4, 0.5) is 5.13 Å². The number of nitrogens with two attached hydrogens (primary N) is 1. The summed E-state index contributed by atoms with van der Waals surface area (Å²) in [4.78, 5) is 0.143. The first kappa shape index (κ1) is 13.8. The molecule has 1 atom stereocenters. The maximum Gasteiger partial charge on any atom is 0.263 e. The Labute approximate surface area is 115 Å². The summed E-state index contributed by atoms with van der Waals surface area (Å²) < 4.78 is 30.0. The van der Waals surface area contributed by atoms with Crippen LogP contribution in [-0.4, -0.2) is 23.2 Å². The molecule has 0 saturated heterocycles. The zero-order chi connectivity index (χ0) is 13.9. The first-order valence-corrected chi connectivity index (χ1v) is 7.82. The molecule has 0 amide bonds. The smallest absolute Gasteiger partial charge is 0.263 e. The molecule has 7 nitrogen and oxygen atoms in total. The summed E-state index contributed by atoms with van der Waals surface area (Å²) in [5.41, 5.74) is 6.68. The average Bonchev–Trinajstić information content (AvgIpc) is 2.90. The van der Waals surface area contributed by atoms with E-state index in [4.69, 9.17) is 5.73 Å². The Bertz CT molecular complexity index is 642. The molecular formula is C10H13N5O2S2. The molecule has 2 rings (SSSR count). The van der Waals surface area contributed by atoms with E-state index in [1.54, 1.807) is 18.2 Å². The monoisotopic (exact) mass is 299 g/mol. The van der Waals surface area contributed by atoms with Gasteiger partial charge in [0.25, 0.3) is 10.0 Å². The maximum absolute atomic E-state index is 12.1. The summed E-state index contributed by atoms with van der Waals surface area (Å²) in [6.45, 7) is 1.94. The number of anilines is 1. The van der Waals surface area contributed by atoms with E-state index in [1.807, 2.05) is 6.92 Å². The van der Waals surface area contributed by atoms with Crippen molar-refractivity contribution in [1.29, 1.82) is 0 Å². The van der Waals surface area contributed by atoms with Crippen molar-refractivity contribution in [3.05, 3.63) is 29.8 Å². The van der Waals surface area contributed by atoms with Gasteiger partial charge in [-0.2, -0.15) is 0 Å². The number of aromatic nitrogens is 3. The highest BCUT2D eigenvalue weighted by Gasteiger charge is 2.17. The highest BCUT2D eigenvalue weighted by molar-refractivity contribution is 7.93. The number of hydrogen-bond acceptors (Lipinski definition) is 7. The van der Waals surface area contributed by atoms with Crippen molar-refractivity contribution >= 4 is 26.7 Å². The summed E-state index contributed by atoms with van der Waals surface area (Å²) in [5.74, 6) is 0. The molecule has 0 spiro atoms. The second kappa shape index (κ2) is 5.59. The predicted octanol–water partition coefficient (Wildman–Crippen LogP) is 1.14. The van der Waals surface area contributed by atoms with Gasteiger partial charge in [0, 0.05) is 17.6 Å². The van der Waals surface area contributed by atoms with E-state index in [0.29, 0.717) is 0 Å². The van der Waals surface area contributed by atoms with Crippen molar-refractivity contribution in [2.75, 3.05) is 4.72 Å². The quantitative estimate of drug-likeness (QED) is 0.856. The second-order valence-corrected chi connectivity index (χ2v) is 6.28. The summed E-state index contributed by atoms with van der Waals surface area (Å²) in [5, 5.41) is 7.00. The van der Waals surface area contributed by atoms with Crippen LogP contribution >= 0.6 is 11.5 Å². The summed E-state index contributed by atoms with van der Waals surface area (Å²) in [6, 6.07) is 6.35. The molecule has 19 heavy (non-hydrogen) atoms. The minimum atomic E-state index is -3.69. The Morgan fingerprint density at radius 2 is 2.26 bits per heavy atom. The second-order valence-electron chi connectivity index (χ2n) is 3.86. The molecule has 1 aromatic carbocycles. The molecule has 102 valence electrons. The Balaban J connectivity index is 2.30. The van der Waals surface area contributed by atoms with Crippen LogP contribution in [0.3, 0.4) is 0 Å². The lowest BCUT2D eigenvalue weighted by atomic mass is 10.1. The van der Waals surface area contributed by atoms with Crippen molar-refractivity contribution in [2.24, 2.45) is 5.73 Å². The first-order chi connectivity index (χ1) is 9.03. The van der Waals surface area contributed by atoms with Crippen molar-refractivity contribution in [3.63, 3.8) is 0 Å². The summed E-state index contributed by atoms with van der Waals surface area (Å²) in [6.07, 6.45) is 0.733. The topological polar surface area (TPSA) is 111 Å². The average molecular weight is 299 g/mol. The molecule has 9 heteroatoms. The van der Waals surface area contributed by atoms with Crippen LogP contribution in [-0.2, 0) is 10.0 Å². The fourth-order valence-corrected chi connectivity index (χ4v) is 3.13. The van der Waals surface area contributed by atoms with Crippen LogP contribution in [0.1, 0.15) is 24.9 Å².